The Labute approximate surface area is 214 Å². The van der Waals surface area contributed by atoms with Gasteiger partial charge in [0.15, 0.2) is 0 Å². The fraction of sp³-hybridized carbons (Fsp3) is 0.143. The van der Waals surface area contributed by atoms with Crippen LogP contribution in [0, 0.1) is 0 Å². The monoisotopic (exact) mass is 466 g/mol. The van der Waals surface area contributed by atoms with Gasteiger partial charge in [0.05, 0.1) is 0 Å². The Morgan fingerprint density at radius 3 is 1.75 bits per heavy atom. The van der Waals surface area contributed by atoms with Crippen LogP contribution in [0.15, 0.2) is 115 Å². The molecule has 1 heteroatoms. The number of rotatable bonds is 4. The van der Waals surface area contributed by atoms with E-state index in [0.29, 0.717) is 0 Å². The molecule has 5 aromatic carbocycles. The first-order valence-electron chi connectivity index (χ1n) is 12.7. The molecule has 0 saturated heterocycles. The van der Waals surface area contributed by atoms with E-state index in [4.69, 9.17) is 4.74 Å². The molecule has 36 heavy (non-hydrogen) atoms. The van der Waals surface area contributed by atoms with Crippen molar-refractivity contribution in [3.05, 3.63) is 126 Å². The Bertz CT molecular complexity index is 1520. The maximum absolute atomic E-state index is 6.12. The maximum Gasteiger partial charge on any atom is 0.120 e. The molecule has 1 aliphatic carbocycles. The largest absolute Gasteiger partial charge is 0.488 e. The molecular weight excluding hydrogens is 436 g/mol. The van der Waals surface area contributed by atoms with Crippen molar-refractivity contribution in [1.29, 1.82) is 0 Å². The second kappa shape index (κ2) is 8.84. The van der Waals surface area contributed by atoms with Gasteiger partial charge in [0, 0.05) is 0 Å². The summed E-state index contributed by atoms with van der Waals surface area (Å²) in [5, 5.41) is 0. The molecule has 5 aromatic rings. The standard InChI is InChI=1S/C35H30O/c1-35(2,3)36-28-20-18-24(19-21-28)30-23-31-29-17-11-10-16-27(29)22-32(31)34(26-14-8-5-9-15-26)33(30)25-12-6-4-7-13-25/h4-21,23H,22H2,1-3H3. The van der Waals surface area contributed by atoms with Crippen molar-refractivity contribution in [3.63, 3.8) is 0 Å². The molecule has 0 unspecified atom stereocenters. The smallest absolute Gasteiger partial charge is 0.120 e. The molecule has 1 nitrogen and oxygen atoms in total. The van der Waals surface area contributed by atoms with E-state index in [1.54, 1.807) is 0 Å². The summed E-state index contributed by atoms with van der Waals surface area (Å²) in [4.78, 5) is 0. The number of fused-ring (bicyclic) bond motifs is 3. The minimum Gasteiger partial charge on any atom is -0.488 e. The highest BCUT2D eigenvalue weighted by molar-refractivity contribution is 6.01. The fourth-order valence-corrected chi connectivity index (χ4v) is 5.39. The zero-order chi connectivity index (χ0) is 24.7. The first-order chi connectivity index (χ1) is 17.5. The molecular formula is C35H30O. The van der Waals surface area contributed by atoms with Gasteiger partial charge < -0.3 is 4.74 Å². The predicted octanol–water partition coefficient (Wildman–Crippen LogP) is 9.44. The van der Waals surface area contributed by atoms with Gasteiger partial charge in [0.1, 0.15) is 11.4 Å². The van der Waals surface area contributed by atoms with Gasteiger partial charge in [0.25, 0.3) is 0 Å². The molecule has 0 bridgehead atoms. The lowest BCUT2D eigenvalue weighted by Crippen LogP contribution is -2.22. The highest BCUT2D eigenvalue weighted by Gasteiger charge is 2.27. The van der Waals surface area contributed by atoms with Crippen LogP contribution < -0.4 is 4.74 Å². The third kappa shape index (κ3) is 4.12. The lowest BCUT2D eigenvalue weighted by atomic mass is 9.82. The van der Waals surface area contributed by atoms with E-state index in [1.165, 1.54) is 55.6 Å². The highest BCUT2D eigenvalue weighted by atomic mass is 16.5. The van der Waals surface area contributed by atoms with Crippen LogP contribution in [-0.4, -0.2) is 5.60 Å². The average molecular weight is 467 g/mol. The summed E-state index contributed by atoms with van der Waals surface area (Å²) in [6.07, 6.45) is 0.953. The Morgan fingerprint density at radius 1 is 0.528 bits per heavy atom. The van der Waals surface area contributed by atoms with Gasteiger partial charge >= 0.3 is 0 Å². The van der Waals surface area contributed by atoms with E-state index in [1.807, 2.05) is 0 Å². The molecule has 1 aliphatic rings. The molecule has 0 radical (unpaired) electrons. The average Bonchev–Trinajstić information content (AvgIpc) is 3.26. The molecule has 0 amide bonds. The third-order valence-electron chi connectivity index (χ3n) is 6.82. The van der Waals surface area contributed by atoms with E-state index in [9.17, 15) is 0 Å². The first kappa shape index (κ1) is 22.4. The SMILES string of the molecule is CC(C)(C)Oc1ccc(-c2cc3c(c(-c4ccccc4)c2-c2ccccc2)Cc2ccccc2-3)cc1. The fourth-order valence-electron chi connectivity index (χ4n) is 5.39. The van der Waals surface area contributed by atoms with Crippen molar-refractivity contribution in [2.45, 2.75) is 32.8 Å². The number of benzene rings is 5. The van der Waals surface area contributed by atoms with Crippen molar-refractivity contribution in [1.82, 2.24) is 0 Å². The van der Waals surface area contributed by atoms with Gasteiger partial charge in [-0.1, -0.05) is 97.1 Å². The van der Waals surface area contributed by atoms with E-state index >= 15 is 0 Å². The molecule has 176 valence electrons. The molecule has 0 spiro atoms. The number of ether oxygens (including phenoxy) is 1. The summed E-state index contributed by atoms with van der Waals surface area (Å²) in [5.74, 6) is 0.891. The number of hydrogen-bond acceptors (Lipinski definition) is 1. The van der Waals surface area contributed by atoms with Crippen LogP contribution in [0.2, 0.25) is 0 Å². The van der Waals surface area contributed by atoms with Crippen molar-refractivity contribution >= 4 is 0 Å². The van der Waals surface area contributed by atoms with Crippen LogP contribution in [0.5, 0.6) is 5.75 Å². The van der Waals surface area contributed by atoms with Crippen molar-refractivity contribution in [3.8, 4) is 50.3 Å². The van der Waals surface area contributed by atoms with Crippen LogP contribution >= 0.6 is 0 Å². The van der Waals surface area contributed by atoms with Gasteiger partial charge in [-0.15, -0.1) is 0 Å². The molecule has 0 aromatic heterocycles. The van der Waals surface area contributed by atoms with Gasteiger partial charge in [-0.3, -0.25) is 0 Å². The molecule has 0 heterocycles. The topological polar surface area (TPSA) is 9.23 Å². The maximum atomic E-state index is 6.12. The zero-order valence-electron chi connectivity index (χ0n) is 21.1. The molecule has 0 N–H and O–H groups in total. The Morgan fingerprint density at radius 2 is 1.11 bits per heavy atom. The highest BCUT2D eigenvalue weighted by Crippen LogP contribution is 2.50. The van der Waals surface area contributed by atoms with Crippen molar-refractivity contribution < 1.29 is 4.74 Å². The first-order valence-corrected chi connectivity index (χ1v) is 12.7. The summed E-state index contributed by atoms with van der Waals surface area (Å²) in [7, 11) is 0. The zero-order valence-corrected chi connectivity index (χ0v) is 21.1. The molecule has 0 saturated carbocycles. The molecule has 0 atom stereocenters. The minimum absolute atomic E-state index is 0.228. The lowest BCUT2D eigenvalue weighted by molar-refractivity contribution is 0.131. The quantitative estimate of drug-likeness (QED) is 0.251. The second-order valence-corrected chi connectivity index (χ2v) is 10.5. The van der Waals surface area contributed by atoms with E-state index in [-0.39, 0.29) is 5.60 Å². The molecule has 0 fully saturated rings. The predicted molar refractivity (Wildman–Crippen MR) is 151 cm³/mol. The summed E-state index contributed by atoms with van der Waals surface area (Å²) in [6, 6.07) is 41.5. The molecule has 6 rings (SSSR count). The summed E-state index contributed by atoms with van der Waals surface area (Å²) >= 11 is 0. The second-order valence-electron chi connectivity index (χ2n) is 10.5. The third-order valence-corrected chi connectivity index (χ3v) is 6.82. The van der Waals surface area contributed by atoms with E-state index < -0.39 is 0 Å². The Hall–Kier alpha value is -4.10. The Balaban J connectivity index is 1.65. The normalized spacial score (nSPS) is 12.2. The summed E-state index contributed by atoms with van der Waals surface area (Å²) in [6.45, 7) is 6.25. The van der Waals surface area contributed by atoms with Gasteiger partial charge in [-0.2, -0.15) is 0 Å². The van der Waals surface area contributed by atoms with Crippen molar-refractivity contribution in [2.24, 2.45) is 0 Å². The summed E-state index contributed by atoms with van der Waals surface area (Å²) < 4.78 is 6.12. The van der Waals surface area contributed by atoms with Crippen LogP contribution in [0.3, 0.4) is 0 Å². The van der Waals surface area contributed by atoms with Gasteiger partial charge in [-0.25, -0.2) is 0 Å². The lowest BCUT2D eigenvalue weighted by Gasteiger charge is -2.23. The molecule has 0 aliphatic heterocycles. The van der Waals surface area contributed by atoms with Crippen molar-refractivity contribution in [2.75, 3.05) is 0 Å². The number of hydrogen-bond donors (Lipinski definition) is 0. The van der Waals surface area contributed by atoms with E-state index in [2.05, 4.69) is 136 Å². The Kier molecular flexibility index (Phi) is 5.49. The van der Waals surface area contributed by atoms with Gasteiger partial charge in [0.2, 0.25) is 0 Å². The van der Waals surface area contributed by atoms with Crippen LogP contribution in [0.4, 0.5) is 0 Å². The van der Waals surface area contributed by atoms with Crippen LogP contribution in [0.25, 0.3) is 44.5 Å². The van der Waals surface area contributed by atoms with Crippen LogP contribution in [0.1, 0.15) is 31.9 Å². The summed E-state index contributed by atoms with van der Waals surface area (Å²) in [5.41, 5.74) is 12.8. The van der Waals surface area contributed by atoms with E-state index in [0.717, 1.165) is 12.2 Å². The van der Waals surface area contributed by atoms with Crippen LogP contribution in [-0.2, 0) is 6.42 Å². The minimum atomic E-state index is -0.228. The van der Waals surface area contributed by atoms with Gasteiger partial charge in [-0.05, 0) is 101 Å².